The third-order valence-corrected chi connectivity index (χ3v) is 5.41. The molecule has 1 fully saturated rings. The molecule has 7 heteroatoms. The number of rotatable bonds is 7. The van der Waals surface area contributed by atoms with Crippen LogP contribution in [0.1, 0.15) is 32.6 Å². The summed E-state index contributed by atoms with van der Waals surface area (Å²) < 4.78 is 10.6. The highest BCUT2D eigenvalue weighted by Crippen LogP contribution is 2.32. The van der Waals surface area contributed by atoms with Gasteiger partial charge in [0.25, 0.3) is 0 Å². The molecule has 25 heavy (non-hydrogen) atoms. The fourth-order valence-electron chi connectivity index (χ4n) is 3.12. The van der Waals surface area contributed by atoms with E-state index in [4.69, 9.17) is 15.2 Å². The van der Waals surface area contributed by atoms with Crippen molar-refractivity contribution < 1.29 is 14.3 Å². The highest BCUT2D eigenvalue weighted by Gasteiger charge is 2.28. The zero-order valence-electron chi connectivity index (χ0n) is 15.2. The fraction of sp³-hybridized carbons (Fsp3) is 0.611. The van der Waals surface area contributed by atoms with Crippen molar-refractivity contribution >= 4 is 30.1 Å². The van der Waals surface area contributed by atoms with Gasteiger partial charge in [0.05, 0.1) is 14.2 Å². The van der Waals surface area contributed by atoms with Gasteiger partial charge in [0.2, 0.25) is 5.91 Å². The summed E-state index contributed by atoms with van der Waals surface area (Å²) in [7, 11) is 3.25. The standard InChI is InChI=1S/C18H28N2O3S.ClH/c1-13(19)15-6-4-5-10-20(15)18(21)9-11-24-14-7-8-16(22-2)17(12-14)23-3;/h7-8,12-13,15H,4-6,9-11,19H2,1-3H3;1H. The number of piperidine rings is 1. The van der Waals surface area contributed by atoms with Crippen LogP contribution in [0, 0.1) is 0 Å². The molecule has 1 aromatic carbocycles. The number of nitrogens with zero attached hydrogens (tertiary/aromatic N) is 1. The third-order valence-electron chi connectivity index (χ3n) is 4.42. The topological polar surface area (TPSA) is 64.8 Å². The molecule has 0 radical (unpaired) electrons. The number of benzene rings is 1. The smallest absolute Gasteiger partial charge is 0.223 e. The Morgan fingerprint density at radius 3 is 2.68 bits per heavy atom. The van der Waals surface area contributed by atoms with E-state index in [1.54, 1.807) is 26.0 Å². The first-order valence-corrected chi connectivity index (χ1v) is 9.45. The third kappa shape index (κ3) is 5.97. The number of halogens is 1. The monoisotopic (exact) mass is 388 g/mol. The largest absolute Gasteiger partial charge is 0.493 e. The number of amides is 1. The Morgan fingerprint density at radius 1 is 1.32 bits per heavy atom. The number of hydrogen-bond donors (Lipinski definition) is 1. The van der Waals surface area contributed by atoms with Crippen LogP contribution in [0.15, 0.2) is 23.1 Å². The fourth-order valence-corrected chi connectivity index (χ4v) is 3.99. The number of carbonyl (C=O) groups excluding carboxylic acids is 1. The lowest BCUT2D eigenvalue weighted by Gasteiger charge is -2.38. The van der Waals surface area contributed by atoms with Crippen LogP contribution in [0.4, 0.5) is 0 Å². The van der Waals surface area contributed by atoms with Gasteiger partial charge >= 0.3 is 0 Å². The quantitative estimate of drug-likeness (QED) is 0.726. The van der Waals surface area contributed by atoms with E-state index in [1.807, 2.05) is 30.0 Å². The van der Waals surface area contributed by atoms with Gasteiger partial charge in [-0.1, -0.05) is 0 Å². The second-order valence-corrected chi connectivity index (χ2v) is 7.29. The van der Waals surface area contributed by atoms with E-state index in [2.05, 4.69) is 0 Å². The number of thioether (sulfide) groups is 1. The molecule has 0 aromatic heterocycles. The number of nitrogens with two attached hydrogens (primary N) is 1. The Morgan fingerprint density at radius 2 is 2.04 bits per heavy atom. The molecule has 5 nitrogen and oxygen atoms in total. The molecule has 2 rings (SSSR count). The van der Waals surface area contributed by atoms with Gasteiger partial charge in [-0.2, -0.15) is 0 Å². The molecule has 0 spiro atoms. The average Bonchev–Trinajstić information content (AvgIpc) is 2.61. The Labute approximate surface area is 161 Å². The predicted molar refractivity (Wildman–Crippen MR) is 105 cm³/mol. The molecule has 1 aromatic rings. The van der Waals surface area contributed by atoms with Gasteiger partial charge in [0, 0.05) is 35.7 Å². The molecular formula is C18H29ClN2O3S. The van der Waals surface area contributed by atoms with E-state index in [0.717, 1.165) is 36.5 Å². The molecule has 1 saturated heterocycles. The summed E-state index contributed by atoms with van der Waals surface area (Å²) in [6, 6.07) is 6.05. The molecule has 1 heterocycles. The van der Waals surface area contributed by atoms with Crippen LogP contribution < -0.4 is 15.2 Å². The van der Waals surface area contributed by atoms with Crippen molar-refractivity contribution in [3.05, 3.63) is 18.2 Å². The predicted octanol–water partition coefficient (Wildman–Crippen LogP) is 3.34. The van der Waals surface area contributed by atoms with Crippen LogP contribution in [0.25, 0.3) is 0 Å². The van der Waals surface area contributed by atoms with Crippen LogP contribution in [0.2, 0.25) is 0 Å². The molecule has 1 aliphatic heterocycles. The first-order valence-electron chi connectivity index (χ1n) is 8.46. The van der Waals surface area contributed by atoms with Gasteiger partial charge in [-0.25, -0.2) is 0 Å². The van der Waals surface area contributed by atoms with E-state index in [9.17, 15) is 4.79 Å². The van der Waals surface area contributed by atoms with Crippen molar-refractivity contribution in [2.45, 2.75) is 49.6 Å². The molecule has 1 amide bonds. The second-order valence-electron chi connectivity index (χ2n) is 6.12. The number of methoxy groups -OCH3 is 2. The van der Waals surface area contributed by atoms with Gasteiger partial charge in [-0.05, 0) is 44.4 Å². The second kappa shape index (κ2) is 10.8. The van der Waals surface area contributed by atoms with Gasteiger partial charge in [0.15, 0.2) is 11.5 Å². The first-order chi connectivity index (χ1) is 11.6. The van der Waals surface area contributed by atoms with Crippen LogP contribution in [0.3, 0.4) is 0 Å². The Hall–Kier alpha value is -1.11. The van der Waals surface area contributed by atoms with E-state index < -0.39 is 0 Å². The maximum absolute atomic E-state index is 12.5. The molecule has 2 unspecified atom stereocenters. The highest BCUT2D eigenvalue weighted by atomic mass is 35.5. The summed E-state index contributed by atoms with van der Waals surface area (Å²) in [5, 5.41) is 0. The summed E-state index contributed by atoms with van der Waals surface area (Å²) in [5.74, 6) is 2.38. The molecule has 0 saturated carbocycles. The van der Waals surface area contributed by atoms with E-state index in [0.29, 0.717) is 17.9 Å². The molecule has 1 aliphatic rings. The molecule has 142 valence electrons. The first kappa shape index (κ1) is 21.9. The summed E-state index contributed by atoms with van der Waals surface area (Å²) in [6.07, 6.45) is 3.79. The van der Waals surface area contributed by atoms with Crippen molar-refractivity contribution in [1.29, 1.82) is 0 Å². The van der Waals surface area contributed by atoms with Gasteiger partial charge in [0.1, 0.15) is 0 Å². The zero-order chi connectivity index (χ0) is 17.5. The normalized spacial score (nSPS) is 18.2. The van der Waals surface area contributed by atoms with E-state index >= 15 is 0 Å². The van der Waals surface area contributed by atoms with Crippen LogP contribution in [-0.4, -0.2) is 49.4 Å². The number of ether oxygens (including phenoxy) is 2. The minimum atomic E-state index is 0. The minimum Gasteiger partial charge on any atom is -0.493 e. The summed E-state index contributed by atoms with van der Waals surface area (Å²) >= 11 is 1.66. The van der Waals surface area contributed by atoms with Crippen molar-refractivity contribution in [3.63, 3.8) is 0 Å². The lowest BCUT2D eigenvalue weighted by molar-refractivity contribution is -0.134. The lowest BCUT2D eigenvalue weighted by Crippen LogP contribution is -2.51. The molecular weight excluding hydrogens is 360 g/mol. The van der Waals surface area contributed by atoms with E-state index in [1.165, 1.54) is 0 Å². The maximum Gasteiger partial charge on any atom is 0.223 e. The van der Waals surface area contributed by atoms with Crippen LogP contribution in [-0.2, 0) is 4.79 Å². The summed E-state index contributed by atoms with van der Waals surface area (Å²) in [6.45, 7) is 2.83. The van der Waals surface area contributed by atoms with Gasteiger partial charge in [-0.15, -0.1) is 24.2 Å². The highest BCUT2D eigenvalue weighted by molar-refractivity contribution is 7.99. The van der Waals surface area contributed by atoms with Crippen molar-refractivity contribution in [1.82, 2.24) is 4.90 Å². The minimum absolute atomic E-state index is 0. The van der Waals surface area contributed by atoms with Gasteiger partial charge < -0.3 is 20.1 Å². The Bertz CT molecular complexity index is 557. The summed E-state index contributed by atoms with van der Waals surface area (Å²) in [4.78, 5) is 15.6. The molecule has 0 aliphatic carbocycles. The zero-order valence-corrected chi connectivity index (χ0v) is 16.8. The molecule has 0 bridgehead atoms. The Balaban J connectivity index is 0.00000312. The average molecular weight is 389 g/mol. The number of likely N-dealkylation sites (tertiary alicyclic amines) is 1. The molecule has 2 N–H and O–H groups in total. The maximum atomic E-state index is 12.5. The van der Waals surface area contributed by atoms with E-state index in [-0.39, 0.29) is 30.4 Å². The van der Waals surface area contributed by atoms with Gasteiger partial charge in [-0.3, -0.25) is 4.79 Å². The SMILES string of the molecule is COc1ccc(SCCC(=O)N2CCCCC2C(C)N)cc1OC.Cl. The van der Waals surface area contributed by atoms with Crippen molar-refractivity contribution in [3.8, 4) is 11.5 Å². The number of carbonyl (C=O) groups is 1. The Kier molecular flexibility index (Phi) is 9.46. The number of hydrogen-bond acceptors (Lipinski definition) is 5. The van der Waals surface area contributed by atoms with Crippen molar-refractivity contribution in [2.75, 3.05) is 26.5 Å². The van der Waals surface area contributed by atoms with Crippen LogP contribution >= 0.6 is 24.2 Å². The molecule has 2 atom stereocenters. The lowest BCUT2D eigenvalue weighted by atomic mass is 9.96. The van der Waals surface area contributed by atoms with Crippen molar-refractivity contribution in [2.24, 2.45) is 5.73 Å². The van der Waals surface area contributed by atoms with Crippen LogP contribution in [0.5, 0.6) is 11.5 Å². The summed E-state index contributed by atoms with van der Waals surface area (Å²) in [5.41, 5.74) is 6.05.